The van der Waals surface area contributed by atoms with E-state index in [0.29, 0.717) is 28.6 Å². The molecule has 0 bridgehead atoms. The lowest BCUT2D eigenvalue weighted by atomic mass is 10.2. The molecule has 0 aromatic heterocycles. The van der Waals surface area contributed by atoms with E-state index >= 15 is 0 Å². The summed E-state index contributed by atoms with van der Waals surface area (Å²) in [4.78, 5) is 24.0. The number of carbonyl (C=O) groups excluding carboxylic acids is 2. The van der Waals surface area contributed by atoms with Gasteiger partial charge in [0, 0.05) is 10.7 Å². The number of hydrogen-bond acceptors (Lipinski definition) is 4. The summed E-state index contributed by atoms with van der Waals surface area (Å²) in [5, 5.41) is 3.37. The van der Waals surface area contributed by atoms with Crippen LogP contribution in [0.25, 0.3) is 0 Å². The van der Waals surface area contributed by atoms with Crippen LogP contribution in [0.1, 0.15) is 29.8 Å². The van der Waals surface area contributed by atoms with Crippen LogP contribution in [0.5, 0.6) is 5.75 Å². The molecule has 0 aliphatic heterocycles. The molecule has 2 aromatic carbocycles. The summed E-state index contributed by atoms with van der Waals surface area (Å²) in [5.41, 5.74) is 1.74. The molecule has 0 aliphatic carbocycles. The number of benzene rings is 2. The van der Waals surface area contributed by atoms with E-state index in [4.69, 9.17) is 21.1 Å². The minimum absolute atomic E-state index is 0.292. The first kappa shape index (κ1) is 18.8. The number of nitrogens with one attached hydrogen (secondary N) is 1. The van der Waals surface area contributed by atoms with Crippen molar-refractivity contribution in [1.82, 2.24) is 0 Å². The monoisotopic (exact) mass is 361 g/mol. The third-order valence-electron chi connectivity index (χ3n) is 3.45. The van der Waals surface area contributed by atoms with Gasteiger partial charge in [-0.3, -0.25) is 4.79 Å². The van der Waals surface area contributed by atoms with Crippen molar-refractivity contribution in [1.29, 1.82) is 0 Å². The summed E-state index contributed by atoms with van der Waals surface area (Å²) in [6.07, 6.45) is -0.716. The van der Waals surface area contributed by atoms with Crippen molar-refractivity contribution in [2.24, 2.45) is 0 Å². The standard InChI is InChI=1S/C19H20ClNO4/c1-4-24-19(23)14-6-5-7-15(11-14)21-18(22)13(3)25-16-8-9-17(20)12(2)10-16/h5-11,13H,4H2,1-3H3,(H,21,22)/t13-/m0/s1. The van der Waals surface area contributed by atoms with Gasteiger partial charge in [0.25, 0.3) is 5.91 Å². The summed E-state index contributed by atoms with van der Waals surface area (Å²) >= 11 is 5.98. The predicted octanol–water partition coefficient (Wildman–Crippen LogP) is 4.23. The second-order valence-corrected chi connectivity index (χ2v) is 5.87. The fourth-order valence-electron chi connectivity index (χ4n) is 2.13. The van der Waals surface area contributed by atoms with Gasteiger partial charge in [-0.15, -0.1) is 0 Å². The number of hydrogen-bond donors (Lipinski definition) is 1. The molecule has 0 heterocycles. The molecule has 1 atom stereocenters. The summed E-state index contributed by atoms with van der Waals surface area (Å²) in [7, 11) is 0. The SMILES string of the molecule is CCOC(=O)c1cccc(NC(=O)[C@H](C)Oc2ccc(Cl)c(C)c2)c1. The summed E-state index contributed by atoms with van der Waals surface area (Å²) in [5.74, 6) is -0.196. The first-order valence-corrected chi connectivity index (χ1v) is 8.29. The summed E-state index contributed by atoms with van der Waals surface area (Å²) in [6, 6.07) is 11.8. The Morgan fingerprint density at radius 3 is 2.64 bits per heavy atom. The van der Waals surface area contributed by atoms with Gasteiger partial charge in [0.1, 0.15) is 5.75 Å². The van der Waals surface area contributed by atoms with Crippen LogP contribution in [-0.2, 0) is 9.53 Å². The Morgan fingerprint density at radius 1 is 1.20 bits per heavy atom. The van der Waals surface area contributed by atoms with Crippen LogP contribution < -0.4 is 10.1 Å². The van der Waals surface area contributed by atoms with E-state index < -0.39 is 12.1 Å². The number of anilines is 1. The molecule has 0 saturated carbocycles. The smallest absolute Gasteiger partial charge is 0.338 e. The van der Waals surface area contributed by atoms with Crippen LogP contribution in [0.3, 0.4) is 0 Å². The maximum Gasteiger partial charge on any atom is 0.338 e. The largest absolute Gasteiger partial charge is 0.481 e. The average Bonchev–Trinajstić information content (AvgIpc) is 2.58. The Bertz CT molecular complexity index is 776. The van der Waals surface area contributed by atoms with Gasteiger partial charge in [-0.05, 0) is 62.7 Å². The molecule has 0 saturated heterocycles. The van der Waals surface area contributed by atoms with Crippen LogP contribution in [-0.4, -0.2) is 24.6 Å². The van der Waals surface area contributed by atoms with Gasteiger partial charge >= 0.3 is 5.97 Å². The van der Waals surface area contributed by atoms with Gasteiger partial charge in [0.2, 0.25) is 0 Å². The van der Waals surface area contributed by atoms with Crippen molar-refractivity contribution < 1.29 is 19.1 Å². The van der Waals surface area contributed by atoms with Crippen LogP contribution in [0.15, 0.2) is 42.5 Å². The van der Waals surface area contributed by atoms with Crippen LogP contribution in [0.4, 0.5) is 5.69 Å². The lowest BCUT2D eigenvalue weighted by Gasteiger charge is -2.15. The second kappa shape index (κ2) is 8.53. The number of rotatable bonds is 6. The Hall–Kier alpha value is -2.53. The van der Waals surface area contributed by atoms with Crippen molar-refractivity contribution in [2.45, 2.75) is 26.9 Å². The molecule has 0 unspecified atom stereocenters. The Morgan fingerprint density at radius 2 is 1.96 bits per heavy atom. The zero-order valence-electron chi connectivity index (χ0n) is 14.3. The Kier molecular flexibility index (Phi) is 6.42. The molecule has 0 aliphatic rings. The molecule has 1 N–H and O–H groups in total. The molecule has 132 valence electrons. The van der Waals surface area contributed by atoms with Crippen molar-refractivity contribution in [3.8, 4) is 5.75 Å². The van der Waals surface area contributed by atoms with Gasteiger partial charge in [0.15, 0.2) is 6.10 Å². The molecule has 0 fully saturated rings. The summed E-state index contributed by atoms with van der Waals surface area (Å²) in [6.45, 7) is 5.54. The number of esters is 1. The van der Waals surface area contributed by atoms with E-state index in [1.54, 1.807) is 56.3 Å². The number of amides is 1. The highest BCUT2D eigenvalue weighted by Gasteiger charge is 2.16. The van der Waals surface area contributed by atoms with E-state index in [1.807, 2.05) is 6.92 Å². The molecule has 5 nitrogen and oxygen atoms in total. The third-order valence-corrected chi connectivity index (χ3v) is 3.88. The van der Waals surface area contributed by atoms with E-state index in [-0.39, 0.29) is 5.91 Å². The number of aryl methyl sites for hydroxylation is 1. The molecular weight excluding hydrogens is 342 g/mol. The van der Waals surface area contributed by atoms with Crippen LogP contribution >= 0.6 is 11.6 Å². The number of ether oxygens (including phenoxy) is 2. The lowest BCUT2D eigenvalue weighted by molar-refractivity contribution is -0.122. The van der Waals surface area contributed by atoms with Crippen LogP contribution in [0.2, 0.25) is 5.02 Å². The van der Waals surface area contributed by atoms with Gasteiger partial charge in [-0.25, -0.2) is 4.79 Å². The highest BCUT2D eigenvalue weighted by Crippen LogP contribution is 2.22. The second-order valence-electron chi connectivity index (χ2n) is 5.46. The van der Waals surface area contributed by atoms with Crippen molar-refractivity contribution in [3.63, 3.8) is 0 Å². The van der Waals surface area contributed by atoms with Crippen molar-refractivity contribution in [2.75, 3.05) is 11.9 Å². The van der Waals surface area contributed by atoms with Gasteiger partial charge in [0.05, 0.1) is 12.2 Å². The van der Waals surface area contributed by atoms with E-state index in [2.05, 4.69) is 5.32 Å². The summed E-state index contributed by atoms with van der Waals surface area (Å²) < 4.78 is 10.6. The highest BCUT2D eigenvalue weighted by molar-refractivity contribution is 6.31. The zero-order chi connectivity index (χ0) is 18.4. The Labute approximate surface area is 151 Å². The number of halogens is 1. The van der Waals surface area contributed by atoms with Crippen molar-refractivity contribution in [3.05, 3.63) is 58.6 Å². The normalized spacial score (nSPS) is 11.5. The molecule has 0 radical (unpaired) electrons. The maximum atomic E-state index is 12.3. The quantitative estimate of drug-likeness (QED) is 0.782. The van der Waals surface area contributed by atoms with E-state index in [0.717, 1.165) is 5.56 Å². The van der Waals surface area contributed by atoms with E-state index in [9.17, 15) is 9.59 Å². The van der Waals surface area contributed by atoms with Crippen molar-refractivity contribution >= 4 is 29.2 Å². The fraction of sp³-hybridized carbons (Fsp3) is 0.263. The maximum absolute atomic E-state index is 12.3. The van der Waals surface area contributed by atoms with E-state index in [1.165, 1.54) is 0 Å². The lowest BCUT2D eigenvalue weighted by Crippen LogP contribution is -2.30. The molecule has 25 heavy (non-hydrogen) atoms. The van der Waals surface area contributed by atoms with Gasteiger partial charge in [-0.1, -0.05) is 17.7 Å². The Balaban J connectivity index is 2.02. The fourth-order valence-corrected chi connectivity index (χ4v) is 2.25. The molecule has 2 aromatic rings. The molecule has 1 amide bonds. The topological polar surface area (TPSA) is 64.6 Å². The predicted molar refractivity (Wildman–Crippen MR) is 97.3 cm³/mol. The van der Waals surface area contributed by atoms with Crippen LogP contribution in [0, 0.1) is 6.92 Å². The first-order valence-electron chi connectivity index (χ1n) is 7.91. The molecule has 2 rings (SSSR count). The minimum atomic E-state index is -0.716. The minimum Gasteiger partial charge on any atom is -0.481 e. The number of carbonyl (C=O) groups is 2. The average molecular weight is 362 g/mol. The van der Waals surface area contributed by atoms with Gasteiger partial charge in [-0.2, -0.15) is 0 Å². The zero-order valence-corrected chi connectivity index (χ0v) is 15.1. The molecule has 0 spiro atoms. The third kappa shape index (κ3) is 5.22. The highest BCUT2D eigenvalue weighted by atomic mass is 35.5. The van der Waals surface area contributed by atoms with Gasteiger partial charge < -0.3 is 14.8 Å². The molecular formula is C19H20ClNO4. The first-order chi connectivity index (χ1) is 11.9. The molecule has 6 heteroatoms.